The lowest BCUT2D eigenvalue weighted by Crippen LogP contribution is -2.03. The van der Waals surface area contributed by atoms with E-state index in [9.17, 15) is 0 Å². The number of nitrogens with zero attached hydrogens (tertiary/aromatic N) is 4. The van der Waals surface area contributed by atoms with E-state index < -0.39 is 0 Å². The smallest absolute Gasteiger partial charge is 0.214 e. The van der Waals surface area contributed by atoms with Gasteiger partial charge in [-0.05, 0) is 47.9 Å². The van der Waals surface area contributed by atoms with Crippen LogP contribution < -0.4 is 4.74 Å². The molecule has 2 aromatic carbocycles. The van der Waals surface area contributed by atoms with Crippen molar-refractivity contribution in [1.82, 2.24) is 20.2 Å². The molecule has 0 unspecified atom stereocenters. The molecule has 1 aromatic heterocycles. The Hall–Kier alpha value is -2.34. The minimum Gasteiger partial charge on any atom is -0.492 e. The van der Waals surface area contributed by atoms with Crippen LogP contribution in [-0.2, 0) is 6.42 Å². The fourth-order valence-electron chi connectivity index (χ4n) is 2.41. The predicted octanol–water partition coefficient (Wildman–Crippen LogP) is 3.79. The standard InChI is InChI=1S/C18H20N4OS/c1-2-23-17-13-7-6-12-16(17)22-18(19-20-21-22)24-14-8-11-15-9-4-3-5-10-15/h3-7,9-10,12-13H,2,8,11,14H2,1H3. The van der Waals surface area contributed by atoms with Gasteiger partial charge in [0.1, 0.15) is 11.4 Å². The molecule has 1 heterocycles. The number of aromatic nitrogens is 4. The van der Waals surface area contributed by atoms with Crippen molar-refractivity contribution in [2.45, 2.75) is 24.9 Å². The highest BCUT2D eigenvalue weighted by molar-refractivity contribution is 7.99. The number of benzene rings is 2. The average Bonchev–Trinajstić information content (AvgIpc) is 3.09. The van der Waals surface area contributed by atoms with Gasteiger partial charge in [-0.1, -0.05) is 54.2 Å². The van der Waals surface area contributed by atoms with Crippen LogP contribution >= 0.6 is 11.8 Å². The number of rotatable bonds is 8. The van der Waals surface area contributed by atoms with Crippen LogP contribution in [0.25, 0.3) is 5.69 Å². The second-order valence-corrected chi connectivity index (χ2v) is 6.27. The normalized spacial score (nSPS) is 10.7. The van der Waals surface area contributed by atoms with E-state index in [0.717, 1.165) is 35.2 Å². The van der Waals surface area contributed by atoms with Gasteiger partial charge in [0.25, 0.3) is 0 Å². The van der Waals surface area contributed by atoms with E-state index in [-0.39, 0.29) is 0 Å². The van der Waals surface area contributed by atoms with Crippen molar-refractivity contribution in [3.05, 3.63) is 60.2 Å². The summed E-state index contributed by atoms with van der Waals surface area (Å²) in [5.74, 6) is 1.75. The molecule has 0 aliphatic heterocycles. The largest absolute Gasteiger partial charge is 0.492 e. The van der Waals surface area contributed by atoms with Crippen molar-refractivity contribution in [3.8, 4) is 11.4 Å². The highest BCUT2D eigenvalue weighted by atomic mass is 32.2. The molecular weight excluding hydrogens is 320 g/mol. The second kappa shape index (κ2) is 8.49. The van der Waals surface area contributed by atoms with E-state index >= 15 is 0 Å². The lowest BCUT2D eigenvalue weighted by Gasteiger charge is -2.10. The van der Waals surface area contributed by atoms with Crippen molar-refractivity contribution < 1.29 is 4.74 Å². The Balaban J connectivity index is 1.63. The number of aryl methyl sites for hydroxylation is 1. The van der Waals surface area contributed by atoms with Crippen molar-refractivity contribution >= 4 is 11.8 Å². The van der Waals surface area contributed by atoms with Crippen LogP contribution in [0.1, 0.15) is 18.9 Å². The predicted molar refractivity (Wildman–Crippen MR) is 95.8 cm³/mol. The fraction of sp³-hybridized carbons (Fsp3) is 0.278. The highest BCUT2D eigenvalue weighted by Gasteiger charge is 2.12. The third-order valence-electron chi connectivity index (χ3n) is 3.52. The number of para-hydroxylation sites is 2. The van der Waals surface area contributed by atoms with Gasteiger partial charge >= 0.3 is 0 Å². The van der Waals surface area contributed by atoms with Gasteiger partial charge in [0.2, 0.25) is 5.16 Å². The van der Waals surface area contributed by atoms with Crippen LogP contribution in [0.2, 0.25) is 0 Å². The van der Waals surface area contributed by atoms with Gasteiger partial charge in [-0.15, -0.1) is 5.10 Å². The van der Waals surface area contributed by atoms with E-state index in [2.05, 4.69) is 39.8 Å². The van der Waals surface area contributed by atoms with Gasteiger partial charge in [-0.3, -0.25) is 0 Å². The highest BCUT2D eigenvalue weighted by Crippen LogP contribution is 2.26. The summed E-state index contributed by atoms with van der Waals surface area (Å²) in [7, 11) is 0. The lowest BCUT2D eigenvalue weighted by molar-refractivity contribution is 0.337. The molecule has 0 fully saturated rings. The van der Waals surface area contributed by atoms with E-state index in [1.54, 1.807) is 16.4 Å². The third kappa shape index (κ3) is 4.14. The van der Waals surface area contributed by atoms with Crippen molar-refractivity contribution in [1.29, 1.82) is 0 Å². The molecule has 6 heteroatoms. The molecule has 0 atom stereocenters. The summed E-state index contributed by atoms with van der Waals surface area (Å²) in [4.78, 5) is 0. The third-order valence-corrected chi connectivity index (χ3v) is 4.52. The second-order valence-electron chi connectivity index (χ2n) is 5.21. The summed E-state index contributed by atoms with van der Waals surface area (Å²) >= 11 is 1.67. The van der Waals surface area contributed by atoms with Gasteiger partial charge in [0, 0.05) is 5.75 Å². The van der Waals surface area contributed by atoms with E-state index in [1.807, 2.05) is 37.3 Å². The van der Waals surface area contributed by atoms with E-state index in [1.165, 1.54) is 5.56 Å². The molecule has 3 aromatic rings. The van der Waals surface area contributed by atoms with Gasteiger partial charge < -0.3 is 4.74 Å². The first-order valence-corrected chi connectivity index (χ1v) is 9.04. The Morgan fingerprint density at radius 2 is 1.83 bits per heavy atom. The zero-order valence-corrected chi connectivity index (χ0v) is 14.4. The minimum absolute atomic E-state index is 0.610. The Morgan fingerprint density at radius 3 is 2.67 bits per heavy atom. The minimum atomic E-state index is 0.610. The van der Waals surface area contributed by atoms with Crippen LogP contribution in [0.15, 0.2) is 59.8 Å². The van der Waals surface area contributed by atoms with E-state index in [4.69, 9.17) is 4.74 Å². The Labute approximate surface area is 146 Å². The molecule has 0 aliphatic rings. The maximum Gasteiger partial charge on any atom is 0.214 e. The zero-order valence-electron chi connectivity index (χ0n) is 13.6. The maximum atomic E-state index is 5.67. The van der Waals surface area contributed by atoms with Crippen LogP contribution in [0, 0.1) is 0 Å². The average molecular weight is 340 g/mol. The first kappa shape index (κ1) is 16.5. The molecule has 124 valence electrons. The first-order chi connectivity index (χ1) is 11.9. The van der Waals surface area contributed by atoms with Gasteiger partial charge in [-0.25, -0.2) is 0 Å². The summed E-state index contributed by atoms with van der Waals surface area (Å²) in [5.41, 5.74) is 2.23. The SMILES string of the molecule is CCOc1ccccc1-n1nnnc1SCCCc1ccccc1. The number of hydrogen-bond acceptors (Lipinski definition) is 5. The molecule has 3 rings (SSSR count). The Morgan fingerprint density at radius 1 is 1.04 bits per heavy atom. The Kier molecular flexibility index (Phi) is 5.85. The van der Waals surface area contributed by atoms with Crippen molar-refractivity contribution in [2.75, 3.05) is 12.4 Å². The molecule has 0 saturated carbocycles. The number of tetrazole rings is 1. The Bertz CT molecular complexity index is 760. The van der Waals surface area contributed by atoms with Gasteiger partial charge in [0.15, 0.2) is 0 Å². The zero-order chi connectivity index (χ0) is 16.6. The number of hydrogen-bond donors (Lipinski definition) is 0. The van der Waals surface area contributed by atoms with Crippen LogP contribution in [0.5, 0.6) is 5.75 Å². The first-order valence-electron chi connectivity index (χ1n) is 8.06. The van der Waals surface area contributed by atoms with Crippen LogP contribution in [0.4, 0.5) is 0 Å². The summed E-state index contributed by atoms with van der Waals surface area (Å²) in [6.45, 7) is 2.58. The molecule has 0 bridgehead atoms. The molecule has 24 heavy (non-hydrogen) atoms. The molecule has 0 aliphatic carbocycles. The quantitative estimate of drug-likeness (QED) is 0.461. The molecular formula is C18H20N4OS. The number of ether oxygens (including phenoxy) is 1. The lowest BCUT2D eigenvalue weighted by atomic mass is 10.1. The van der Waals surface area contributed by atoms with Gasteiger partial charge in [-0.2, -0.15) is 4.68 Å². The summed E-state index contributed by atoms with van der Waals surface area (Å²) in [6, 6.07) is 18.3. The molecule has 0 saturated heterocycles. The van der Waals surface area contributed by atoms with Crippen molar-refractivity contribution in [2.24, 2.45) is 0 Å². The van der Waals surface area contributed by atoms with Crippen molar-refractivity contribution in [3.63, 3.8) is 0 Å². The number of thioether (sulfide) groups is 1. The molecule has 0 amide bonds. The molecule has 5 nitrogen and oxygen atoms in total. The summed E-state index contributed by atoms with van der Waals surface area (Å²) in [6.07, 6.45) is 2.14. The van der Waals surface area contributed by atoms with Crippen LogP contribution in [-0.4, -0.2) is 32.6 Å². The summed E-state index contributed by atoms with van der Waals surface area (Å²) < 4.78 is 7.42. The monoisotopic (exact) mass is 340 g/mol. The fourth-order valence-corrected chi connectivity index (χ4v) is 3.24. The van der Waals surface area contributed by atoms with Gasteiger partial charge in [0.05, 0.1) is 6.61 Å². The molecule has 0 spiro atoms. The molecule has 0 N–H and O–H groups in total. The van der Waals surface area contributed by atoms with E-state index in [0.29, 0.717) is 6.61 Å². The maximum absolute atomic E-state index is 5.67. The molecule has 0 radical (unpaired) electrons. The summed E-state index contributed by atoms with van der Waals surface area (Å²) in [5, 5.41) is 12.9. The topological polar surface area (TPSA) is 52.8 Å². The van der Waals surface area contributed by atoms with Crippen LogP contribution in [0.3, 0.4) is 0 Å².